The van der Waals surface area contributed by atoms with Crippen LogP contribution in [-0.4, -0.2) is 42.5 Å². The van der Waals surface area contributed by atoms with Crippen LogP contribution in [0.5, 0.6) is 0 Å². The van der Waals surface area contributed by atoms with Crippen LogP contribution in [0.4, 0.5) is 0 Å². The molecule has 84 valence electrons. The first-order valence-electron chi connectivity index (χ1n) is 7.69. The number of halogens is 2. The Morgan fingerprint density at radius 1 is 1.64 bits per heavy atom. The van der Waals surface area contributed by atoms with Crippen LogP contribution in [0.2, 0.25) is 0 Å². The van der Waals surface area contributed by atoms with Gasteiger partial charge in [0.1, 0.15) is 0 Å². The van der Waals surface area contributed by atoms with Gasteiger partial charge in [0, 0.05) is 42.2 Å². The fourth-order valence-electron chi connectivity index (χ4n) is 0.811. The number of rotatable bonds is 5. The van der Waals surface area contributed by atoms with Crippen LogP contribution < -0.4 is 5.09 Å². The van der Waals surface area contributed by atoms with E-state index in [1.807, 2.05) is 5.09 Å². The highest BCUT2D eigenvalue weighted by atomic mass is 35.5. The van der Waals surface area contributed by atoms with Crippen molar-refractivity contribution in [1.82, 2.24) is 9.76 Å². The van der Waals surface area contributed by atoms with Crippen molar-refractivity contribution in [3.8, 4) is 0 Å². The highest BCUT2D eigenvalue weighted by molar-refractivity contribution is 7.54. The first kappa shape index (κ1) is 5.35. The van der Waals surface area contributed by atoms with Crippen LogP contribution in [0.15, 0.2) is 0 Å². The molecule has 0 aromatic heterocycles. The first-order valence-corrected chi connectivity index (χ1v) is 6.18. The average molecular weight is 269 g/mol. The first-order chi connectivity index (χ1) is 9.59. The molecule has 0 amide bonds. The summed E-state index contributed by atoms with van der Waals surface area (Å²) < 4.78 is 78.5. The number of alkyl halides is 2. The Hall–Kier alpha value is 0.690. The molecule has 1 aliphatic rings. The van der Waals surface area contributed by atoms with Crippen molar-refractivity contribution in [3.05, 3.63) is 0 Å². The van der Waals surface area contributed by atoms with E-state index in [4.69, 9.17) is 38.7 Å². The van der Waals surface area contributed by atoms with Crippen LogP contribution in [-0.2, 0) is 9.09 Å². The average Bonchev–Trinajstić information content (AvgIpc) is 2.24. The highest BCUT2D eigenvalue weighted by Gasteiger charge is 2.32. The molecule has 14 heavy (non-hydrogen) atoms. The van der Waals surface area contributed by atoms with Crippen LogP contribution in [0.1, 0.15) is 17.4 Å². The summed E-state index contributed by atoms with van der Waals surface area (Å²) in [6.07, 6.45) is -0.203. The van der Waals surface area contributed by atoms with Gasteiger partial charge in [-0.05, 0) is 6.42 Å². The van der Waals surface area contributed by atoms with Crippen molar-refractivity contribution in [2.75, 3.05) is 37.8 Å². The lowest BCUT2D eigenvalue weighted by Crippen LogP contribution is -2.35. The molecule has 7 heteroatoms. The topological polar surface area (TPSA) is 41.6 Å². The van der Waals surface area contributed by atoms with Crippen LogP contribution in [0.3, 0.4) is 0 Å². The van der Waals surface area contributed by atoms with Crippen molar-refractivity contribution in [3.63, 3.8) is 0 Å². The molecule has 4 nitrogen and oxygen atoms in total. The highest BCUT2D eigenvalue weighted by Crippen LogP contribution is 2.47. The molecular weight excluding hydrogens is 246 g/mol. The summed E-state index contributed by atoms with van der Waals surface area (Å²) in [7, 11) is -4.65. The Balaban J connectivity index is 3.43. The van der Waals surface area contributed by atoms with Gasteiger partial charge in [-0.1, -0.05) is 0 Å². The molecule has 1 saturated heterocycles. The minimum atomic E-state index is -4.65. The fraction of sp³-hybridized carbons (Fsp3) is 1.00. The van der Waals surface area contributed by atoms with Crippen LogP contribution in [0.25, 0.3) is 0 Å². The van der Waals surface area contributed by atoms with Gasteiger partial charge in [-0.15, -0.1) is 23.2 Å². The molecule has 1 N–H and O–H groups in total. The third-order valence-corrected chi connectivity index (χ3v) is 3.28. The van der Waals surface area contributed by atoms with Gasteiger partial charge in [-0.25, -0.2) is 9.76 Å². The molecule has 0 radical (unpaired) electrons. The smallest absolute Gasteiger partial charge is 0.306 e. The molecule has 1 heterocycles. The molecule has 0 spiro atoms. The summed E-state index contributed by atoms with van der Waals surface area (Å²) in [6, 6.07) is 0. The largest absolute Gasteiger partial charge is 0.343 e. The second-order valence-electron chi connectivity index (χ2n) is 2.20. The van der Waals surface area contributed by atoms with Gasteiger partial charge in [-0.3, -0.25) is 4.57 Å². The van der Waals surface area contributed by atoms with Gasteiger partial charge >= 0.3 is 7.67 Å². The van der Waals surface area contributed by atoms with E-state index >= 15 is 0 Å². The molecule has 0 bridgehead atoms. The summed E-state index contributed by atoms with van der Waals surface area (Å²) in [6.45, 7) is -8.75. The fourth-order valence-corrected chi connectivity index (χ4v) is 2.53. The molecule has 1 rings (SSSR count). The summed E-state index contributed by atoms with van der Waals surface area (Å²) in [4.78, 5) is 0. The van der Waals surface area contributed by atoms with Crippen molar-refractivity contribution < 1.29 is 20.1 Å². The van der Waals surface area contributed by atoms with E-state index in [-0.39, 0.29) is 17.7 Å². The zero-order valence-corrected chi connectivity index (χ0v) is 9.49. The SMILES string of the molecule is [2H]C1([2H])CCOP(=O)(N(C([2H])([2H])CCl)C([2H])([2H])C([2H])([2H])Cl)N1. The quantitative estimate of drug-likeness (QED) is 0.611. The zero-order valence-electron chi connectivity index (χ0n) is 15.1. The number of nitrogens with one attached hydrogen (secondary N) is 1. The zero-order chi connectivity index (χ0) is 17.6. The third kappa shape index (κ3) is 3.37. The maximum atomic E-state index is 12.8. The summed E-state index contributed by atoms with van der Waals surface area (Å²) in [5.74, 6) is -4.03. The Bertz CT molecular complexity index is 474. The summed E-state index contributed by atoms with van der Waals surface area (Å²) in [5, 5.41) is 1.92. The molecule has 1 fully saturated rings. The predicted octanol–water partition coefficient (Wildman–Crippen LogP) is 1.88. The third-order valence-electron chi connectivity index (χ3n) is 1.33. The minimum absolute atomic E-state index is 0.0794. The molecule has 1 unspecified atom stereocenters. The Kier molecular flexibility index (Phi) is 2.41. The minimum Gasteiger partial charge on any atom is -0.306 e. The molecule has 0 aromatic carbocycles. The standard InChI is InChI=1S/C7H15Cl2N2O2P/c8-2-5-11(6-3-9)14(12)10-4-1-7-13-14/h1-7H2,(H,10,12)/i2D2,4D2,5D2,6D2. The molecule has 1 aliphatic heterocycles. The lowest BCUT2D eigenvalue weighted by Gasteiger charge is -2.33. The van der Waals surface area contributed by atoms with Crippen molar-refractivity contribution >= 4 is 30.9 Å². The normalized spacial score (nSPS) is 43.4. The lowest BCUT2D eigenvalue weighted by molar-refractivity contribution is 0.233. The Morgan fingerprint density at radius 2 is 2.43 bits per heavy atom. The van der Waals surface area contributed by atoms with Gasteiger partial charge in [0.15, 0.2) is 0 Å². The van der Waals surface area contributed by atoms with E-state index in [0.29, 0.717) is 0 Å². The Labute approximate surface area is 106 Å². The maximum absolute atomic E-state index is 12.8. The number of nitrogens with zero attached hydrogens (tertiary/aromatic N) is 1. The number of hydrogen-bond donors (Lipinski definition) is 1. The van der Waals surface area contributed by atoms with Gasteiger partial charge in [0.05, 0.1) is 6.61 Å². The second-order valence-corrected chi connectivity index (χ2v) is 4.58. The summed E-state index contributed by atoms with van der Waals surface area (Å²) >= 11 is 10.8. The molecule has 0 saturated carbocycles. The van der Waals surface area contributed by atoms with Crippen LogP contribution >= 0.6 is 30.9 Å². The van der Waals surface area contributed by atoms with Crippen LogP contribution in [0, 0.1) is 0 Å². The van der Waals surface area contributed by atoms with Crippen molar-refractivity contribution in [2.24, 2.45) is 0 Å². The van der Waals surface area contributed by atoms with Gasteiger partial charge < -0.3 is 4.52 Å². The van der Waals surface area contributed by atoms with E-state index in [1.54, 1.807) is 0 Å². The van der Waals surface area contributed by atoms with E-state index in [9.17, 15) is 4.57 Å². The summed E-state index contributed by atoms with van der Waals surface area (Å²) in [5.41, 5.74) is 0. The maximum Gasteiger partial charge on any atom is 0.343 e. The van der Waals surface area contributed by atoms with Crippen molar-refractivity contribution in [1.29, 1.82) is 0 Å². The monoisotopic (exact) mass is 268 g/mol. The van der Waals surface area contributed by atoms with E-state index in [1.165, 1.54) is 0 Å². The van der Waals surface area contributed by atoms with Crippen molar-refractivity contribution in [2.45, 2.75) is 6.42 Å². The predicted molar refractivity (Wildman–Crippen MR) is 59.2 cm³/mol. The van der Waals surface area contributed by atoms with Gasteiger partial charge in [-0.2, -0.15) is 0 Å². The van der Waals surface area contributed by atoms with E-state index in [2.05, 4.69) is 0 Å². The van der Waals surface area contributed by atoms with Gasteiger partial charge in [0.2, 0.25) is 0 Å². The second kappa shape index (κ2) is 6.31. The molecule has 0 aliphatic carbocycles. The Morgan fingerprint density at radius 3 is 3.00 bits per heavy atom. The van der Waals surface area contributed by atoms with Gasteiger partial charge in [0.25, 0.3) is 0 Å². The molecule has 1 atom stereocenters. The molecule has 0 aromatic rings. The number of hydrogen-bond acceptors (Lipinski definition) is 2. The van der Waals surface area contributed by atoms with E-state index in [0.717, 1.165) is 0 Å². The van der Waals surface area contributed by atoms with E-state index < -0.39 is 38.9 Å². The molecular formula is C7H15Cl2N2O2P. The lowest BCUT2D eigenvalue weighted by atomic mass is 10.5.